The second kappa shape index (κ2) is 7.79. The predicted octanol–water partition coefficient (Wildman–Crippen LogP) is 4.94. The van der Waals surface area contributed by atoms with Gasteiger partial charge in [-0.1, -0.05) is 66.7 Å². The molecule has 4 heteroatoms. The fourth-order valence-corrected chi connectivity index (χ4v) is 2.91. The number of carbonyl (C=O) groups excluding carboxylic acids is 1. The van der Waals surface area contributed by atoms with Gasteiger partial charge in [0.15, 0.2) is 5.76 Å². The SMILES string of the molecule is O=C(NCc1ccccc1)c1ccc(COc2cccc3ccccc23)o1. The number of benzene rings is 3. The van der Waals surface area contributed by atoms with Gasteiger partial charge in [-0.2, -0.15) is 0 Å². The van der Waals surface area contributed by atoms with E-state index in [1.165, 1.54) is 0 Å². The highest BCUT2D eigenvalue weighted by molar-refractivity contribution is 5.91. The van der Waals surface area contributed by atoms with Crippen molar-refractivity contribution in [2.75, 3.05) is 0 Å². The van der Waals surface area contributed by atoms with Crippen LogP contribution >= 0.6 is 0 Å². The van der Waals surface area contributed by atoms with E-state index in [0.717, 1.165) is 22.1 Å². The third-order valence-corrected chi connectivity index (χ3v) is 4.30. The maximum atomic E-state index is 12.2. The average molecular weight is 357 g/mol. The second-order valence-electron chi connectivity index (χ2n) is 6.20. The van der Waals surface area contributed by atoms with Crippen molar-refractivity contribution >= 4 is 16.7 Å². The summed E-state index contributed by atoms with van der Waals surface area (Å²) in [5.41, 5.74) is 1.04. The summed E-state index contributed by atoms with van der Waals surface area (Å²) in [6.45, 7) is 0.724. The molecule has 0 spiro atoms. The number of fused-ring (bicyclic) bond motifs is 1. The van der Waals surface area contributed by atoms with E-state index in [4.69, 9.17) is 9.15 Å². The van der Waals surface area contributed by atoms with Gasteiger partial charge in [-0.25, -0.2) is 0 Å². The summed E-state index contributed by atoms with van der Waals surface area (Å²) in [5, 5.41) is 5.02. The van der Waals surface area contributed by atoms with Crippen molar-refractivity contribution in [2.45, 2.75) is 13.2 Å². The molecule has 0 radical (unpaired) electrons. The van der Waals surface area contributed by atoms with Gasteiger partial charge in [-0.15, -0.1) is 0 Å². The van der Waals surface area contributed by atoms with Gasteiger partial charge in [0.25, 0.3) is 5.91 Å². The van der Waals surface area contributed by atoms with E-state index >= 15 is 0 Å². The van der Waals surface area contributed by atoms with Crippen LogP contribution in [0.4, 0.5) is 0 Å². The Bertz CT molecular complexity index is 1050. The zero-order chi connectivity index (χ0) is 18.5. The Morgan fingerprint density at radius 2 is 1.63 bits per heavy atom. The Hall–Kier alpha value is -3.53. The molecule has 1 amide bonds. The van der Waals surface area contributed by atoms with Crippen LogP contribution in [0.25, 0.3) is 10.8 Å². The monoisotopic (exact) mass is 357 g/mol. The molecular weight excluding hydrogens is 338 g/mol. The number of nitrogens with one attached hydrogen (secondary N) is 1. The van der Waals surface area contributed by atoms with Gasteiger partial charge in [0.05, 0.1) is 0 Å². The fourth-order valence-electron chi connectivity index (χ4n) is 2.91. The van der Waals surface area contributed by atoms with Crippen molar-refractivity contribution < 1.29 is 13.9 Å². The molecule has 3 aromatic carbocycles. The molecule has 1 aromatic heterocycles. The van der Waals surface area contributed by atoms with Gasteiger partial charge in [0.1, 0.15) is 18.1 Å². The van der Waals surface area contributed by atoms with E-state index in [0.29, 0.717) is 12.3 Å². The van der Waals surface area contributed by atoms with E-state index in [1.54, 1.807) is 12.1 Å². The molecule has 0 saturated heterocycles. The quantitative estimate of drug-likeness (QED) is 0.532. The summed E-state index contributed by atoms with van der Waals surface area (Å²) >= 11 is 0. The standard InChI is InChI=1S/C23H19NO3/c25-23(24-15-17-7-2-1-3-8-17)22-14-13-19(27-22)16-26-21-12-6-10-18-9-4-5-11-20(18)21/h1-14H,15-16H2,(H,24,25). The van der Waals surface area contributed by atoms with Crippen molar-refractivity contribution in [3.63, 3.8) is 0 Å². The highest BCUT2D eigenvalue weighted by atomic mass is 16.5. The lowest BCUT2D eigenvalue weighted by molar-refractivity contribution is 0.0919. The van der Waals surface area contributed by atoms with Gasteiger partial charge >= 0.3 is 0 Å². The highest BCUT2D eigenvalue weighted by Crippen LogP contribution is 2.26. The van der Waals surface area contributed by atoms with Crippen molar-refractivity contribution in [1.29, 1.82) is 0 Å². The summed E-state index contributed by atoms with van der Waals surface area (Å²) in [6, 6.07) is 27.2. The lowest BCUT2D eigenvalue weighted by Gasteiger charge is -2.08. The van der Waals surface area contributed by atoms with Gasteiger partial charge in [-0.05, 0) is 29.1 Å². The first-order chi connectivity index (χ1) is 13.3. The predicted molar refractivity (Wildman–Crippen MR) is 105 cm³/mol. The Morgan fingerprint density at radius 3 is 2.52 bits per heavy atom. The molecule has 0 aliphatic heterocycles. The normalized spacial score (nSPS) is 10.7. The van der Waals surface area contributed by atoms with Crippen molar-refractivity contribution in [1.82, 2.24) is 5.32 Å². The van der Waals surface area contributed by atoms with Gasteiger partial charge in [-0.3, -0.25) is 4.79 Å². The van der Waals surface area contributed by atoms with Crippen LogP contribution in [0.2, 0.25) is 0 Å². The first-order valence-electron chi connectivity index (χ1n) is 8.81. The number of carbonyl (C=O) groups is 1. The summed E-state index contributed by atoms with van der Waals surface area (Å²) in [7, 11) is 0. The zero-order valence-corrected chi connectivity index (χ0v) is 14.7. The van der Waals surface area contributed by atoms with Crippen LogP contribution in [0.1, 0.15) is 21.9 Å². The molecule has 1 N–H and O–H groups in total. The van der Waals surface area contributed by atoms with E-state index in [1.807, 2.05) is 72.8 Å². The van der Waals surface area contributed by atoms with Crippen molar-refractivity contribution in [3.05, 3.63) is 102 Å². The first-order valence-corrected chi connectivity index (χ1v) is 8.81. The van der Waals surface area contributed by atoms with Crippen LogP contribution in [0, 0.1) is 0 Å². The van der Waals surface area contributed by atoms with Gasteiger partial charge in [0, 0.05) is 11.9 Å². The zero-order valence-electron chi connectivity index (χ0n) is 14.7. The molecule has 0 atom stereocenters. The summed E-state index contributed by atoms with van der Waals surface area (Å²) in [6.07, 6.45) is 0. The third kappa shape index (κ3) is 4.01. The summed E-state index contributed by atoms with van der Waals surface area (Å²) in [4.78, 5) is 12.2. The molecule has 0 bridgehead atoms. The van der Waals surface area contributed by atoms with Crippen LogP contribution in [-0.2, 0) is 13.2 Å². The molecule has 0 fully saturated rings. The molecule has 4 nitrogen and oxygen atoms in total. The maximum Gasteiger partial charge on any atom is 0.287 e. The number of amides is 1. The second-order valence-corrected chi connectivity index (χ2v) is 6.20. The summed E-state index contributed by atoms with van der Waals surface area (Å²) in [5.74, 6) is 1.44. The smallest absolute Gasteiger partial charge is 0.287 e. The van der Waals surface area contributed by atoms with Gasteiger partial charge < -0.3 is 14.5 Å². The summed E-state index contributed by atoms with van der Waals surface area (Å²) < 4.78 is 11.5. The van der Waals surface area contributed by atoms with E-state index in [9.17, 15) is 4.79 Å². The van der Waals surface area contributed by atoms with E-state index < -0.39 is 0 Å². The molecule has 1 heterocycles. The molecule has 4 aromatic rings. The van der Waals surface area contributed by atoms with Crippen molar-refractivity contribution in [3.8, 4) is 5.75 Å². The van der Waals surface area contributed by atoms with Crippen LogP contribution in [0.3, 0.4) is 0 Å². The van der Waals surface area contributed by atoms with Gasteiger partial charge in [0.2, 0.25) is 0 Å². The minimum absolute atomic E-state index is 0.240. The van der Waals surface area contributed by atoms with E-state index in [2.05, 4.69) is 5.32 Å². The molecule has 134 valence electrons. The molecule has 0 aliphatic carbocycles. The maximum absolute atomic E-state index is 12.2. The molecular formula is C23H19NO3. The Morgan fingerprint density at radius 1 is 0.852 bits per heavy atom. The minimum atomic E-state index is -0.240. The minimum Gasteiger partial charge on any atom is -0.485 e. The number of ether oxygens (including phenoxy) is 1. The topological polar surface area (TPSA) is 51.5 Å². The Balaban J connectivity index is 1.38. The number of rotatable bonds is 6. The largest absolute Gasteiger partial charge is 0.485 e. The number of hydrogen-bond acceptors (Lipinski definition) is 3. The Labute approximate surface area is 157 Å². The lowest BCUT2D eigenvalue weighted by Crippen LogP contribution is -2.22. The highest BCUT2D eigenvalue weighted by Gasteiger charge is 2.11. The molecule has 4 rings (SSSR count). The van der Waals surface area contributed by atoms with Crippen LogP contribution in [0.15, 0.2) is 89.3 Å². The third-order valence-electron chi connectivity index (χ3n) is 4.30. The molecule has 0 saturated carbocycles. The van der Waals surface area contributed by atoms with Crippen molar-refractivity contribution in [2.24, 2.45) is 0 Å². The number of hydrogen-bond donors (Lipinski definition) is 1. The van der Waals surface area contributed by atoms with Crippen LogP contribution in [0.5, 0.6) is 5.75 Å². The molecule has 0 aliphatic rings. The van der Waals surface area contributed by atoms with Crippen LogP contribution < -0.4 is 10.1 Å². The molecule has 0 unspecified atom stereocenters. The first kappa shape index (κ1) is 16.9. The Kier molecular flexibility index (Phi) is 4.88. The fraction of sp³-hybridized carbons (Fsp3) is 0.0870. The van der Waals surface area contributed by atoms with Crippen LogP contribution in [-0.4, -0.2) is 5.91 Å². The average Bonchev–Trinajstić information content (AvgIpc) is 3.20. The lowest BCUT2D eigenvalue weighted by atomic mass is 10.1. The van der Waals surface area contributed by atoms with E-state index in [-0.39, 0.29) is 18.3 Å². The molecule has 27 heavy (non-hydrogen) atoms. The number of furan rings is 1.